The summed E-state index contributed by atoms with van der Waals surface area (Å²) in [4.78, 5) is 6.99. The molecule has 0 aromatic carbocycles. The highest BCUT2D eigenvalue weighted by atomic mass is 127. The van der Waals surface area contributed by atoms with E-state index in [-0.39, 0.29) is 24.0 Å². The van der Waals surface area contributed by atoms with Crippen LogP contribution in [0, 0.1) is 0 Å². The van der Waals surface area contributed by atoms with E-state index in [2.05, 4.69) is 15.2 Å². The summed E-state index contributed by atoms with van der Waals surface area (Å²) in [5, 5.41) is 3.50. The van der Waals surface area contributed by atoms with E-state index in [4.69, 9.17) is 0 Å². The van der Waals surface area contributed by atoms with Gasteiger partial charge in [0.15, 0.2) is 5.96 Å². The zero-order valence-electron chi connectivity index (χ0n) is 7.70. The Balaban J connectivity index is 0.000000653. The van der Waals surface area contributed by atoms with Gasteiger partial charge in [-0.2, -0.15) is 0 Å². The first-order valence-corrected chi connectivity index (χ1v) is 5.01. The Bertz CT molecular complexity index is 225. The molecule has 1 saturated heterocycles. The number of rotatable bonds is 1. The number of hydrogen-bond donors (Lipinski definition) is 1. The standard InChI is InChI=1S/C9H15N3.HI/c1-2-8-6-10-9(12(8)5-1)11-7-3-4-7;/h7-8H,1-6H2,(H,10,11);1H/t8-;/m1./s1. The van der Waals surface area contributed by atoms with Crippen molar-refractivity contribution in [1.29, 1.82) is 0 Å². The number of nitrogens with one attached hydrogen (secondary N) is 1. The van der Waals surface area contributed by atoms with E-state index in [0.29, 0.717) is 0 Å². The maximum absolute atomic E-state index is 4.53. The van der Waals surface area contributed by atoms with Crippen LogP contribution in [0.15, 0.2) is 4.99 Å². The molecule has 0 aromatic heterocycles. The Hall–Kier alpha value is 0. The molecule has 0 radical (unpaired) electrons. The van der Waals surface area contributed by atoms with Crippen molar-refractivity contribution in [3.05, 3.63) is 0 Å². The largest absolute Gasteiger partial charge is 0.353 e. The van der Waals surface area contributed by atoms with Crippen LogP contribution in [0.4, 0.5) is 0 Å². The van der Waals surface area contributed by atoms with Gasteiger partial charge in [-0.05, 0) is 25.7 Å². The van der Waals surface area contributed by atoms with Crippen molar-refractivity contribution in [2.75, 3.05) is 13.1 Å². The molecule has 3 aliphatic rings. The third-order valence-corrected chi connectivity index (χ3v) is 3.01. The molecule has 0 unspecified atom stereocenters. The number of halogens is 1. The van der Waals surface area contributed by atoms with Crippen molar-refractivity contribution in [3.8, 4) is 0 Å². The van der Waals surface area contributed by atoms with Crippen molar-refractivity contribution in [3.63, 3.8) is 0 Å². The predicted molar refractivity (Wildman–Crippen MR) is 63.6 cm³/mol. The van der Waals surface area contributed by atoms with Crippen molar-refractivity contribution < 1.29 is 0 Å². The second kappa shape index (κ2) is 3.63. The summed E-state index contributed by atoms with van der Waals surface area (Å²) >= 11 is 0. The molecule has 0 spiro atoms. The number of aliphatic imine (C=N–C) groups is 1. The maximum Gasteiger partial charge on any atom is 0.194 e. The van der Waals surface area contributed by atoms with Gasteiger partial charge in [0.2, 0.25) is 0 Å². The minimum Gasteiger partial charge on any atom is -0.353 e. The number of guanidine groups is 1. The summed E-state index contributed by atoms with van der Waals surface area (Å²) in [5.74, 6) is 1.19. The van der Waals surface area contributed by atoms with Gasteiger partial charge in [0.05, 0.1) is 12.6 Å². The smallest absolute Gasteiger partial charge is 0.194 e. The van der Waals surface area contributed by atoms with Gasteiger partial charge < -0.3 is 10.2 Å². The molecule has 74 valence electrons. The molecular weight excluding hydrogens is 277 g/mol. The first-order chi connectivity index (χ1) is 5.93. The summed E-state index contributed by atoms with van der Waals surface area (Å²) in [6.07, 6.45) is 5.39. The summed E-state index contributed by atoms with van der Waals surface area (Å²) in [5.41, 5.74) is 0. The van der Waals surface area contributed by atoms with E-state index >= 15 is 0 Å². The molecule has 1 atom stereocenters. The first-order valence-electron chi connectivity index (χ1n) is 5.01. The fourth-order valence-corrected chi connectivity index (χ4v) is 2.13. The van der Waals surface area contributed by atoms with Gasteiger partial charge in [0, 0.05) is 12.6 Å². The lowest BCUT2D eigenvalue weighted by Crippen LogP contribution is -2.40. The van der Waals surface area contributed by atoms with Gasteiger partial charge >= 0.3 is 0 Å². The van der Waals surface area contributed by atoms with Gasteiger partial charge in [-0.25, -0.2) is 0 Å². The summed E-state index contributed by atoms with van der Waals surface area (Å²) in [7, 11) is 0. The van der Waals surface area contributed by atoms with Crippen LogP contribution in [-0.4, -0.2) is 36.0 Å². The third kappa shape index (κ3) is 1.78. The average Bonchev–Trinajstić information content (AvgIpc) is 2.63. The van der Waals surface area contributed by atoms with Gasteiger partial charge in [-0.15, -0.1) is 24.0 Å². The summed E-state index contributed by atoms with van der Waals surface area (Å²) < 4.78 is 0. The van der Waals surface area contributed by atoms with Crippen LogP contribution >= 0.6 is 24.0 Å². The molecule has 1 aliphatic carbocycles. The van der Waals surface area contributed by atoms with Crippen molar-refractivity contribution in [2.45, 2.75) is 37.8 Å². The molecule has 1 N–H and O–H groups in total. The van der Waals surface area contributed by atoms with E-state index in [1.165, 1.54) is 38.2 Å². The first kappa shape index (κ1) is 9.55. The Labute approximate surface area is 96.0 Å². The van der Waals surface area contributed by atoms with E-state index in [9.17, 15) is 0 Å². The molecule has 1 saturated carbocycles. The molecule has 0 aromatic rings. The van der Waals surface area contributed by atoms with Gasteiger partial charge in [-0.1, -0.05) is 0 Å². The second-order valence-corrected chi connectivity index (χ2v) is 4.07. The zero-order valence-corrected chi connectivity index (χ0v) is 10.0. The van der Waals surface area contributed by atoms with E-state index in [1.807, 2.05) is 0 Å². The molecule has 2 heterocycles. The monoisotopic (exact) mass is 293 g/mol. The fraction of sp³-hybridized carbons (Fsp3) is 0.889. The number of hydrogen-bond acceptors (Lipinski definition) is 3. The quantitative estimate of drug-likeness (QED) is 0.736. The van der Waals surface area contributed by atoms with E-state index in [0.717, 1.165) is 18.6 Å². The van der Waals surface area contributed by atoms with Crippen LogP contribution in [0.25, 0.3) is 0 Å². The Morgan fingerprint density at radius 3 is 2.92 bits per heavy atom. The molecule has 2 aliphatic heterocycles. The van der Waals surface area contributed by atoms with Crippen molar-refractivity contribution in [2.24, 2.45) is 4.99 Å². The zero-order chi connectivity index (χ0) is 7.97. The minimum atomic E-state index is 0. The molecule has 0 amide bonds. The van der Waals surface area contributed by atoms with Crippen LogP contribution < -0.4 is 5.32 Å². The Morgan fingerprint density at radius 2 is 2.15 bits per heavy atom. The lowest BCUT2D eigenvalue weighted by atomic mass is 10.2. The molecule has 0 bridgehead atoms. The molecular formula is C9H16IN3. The Morgan fingerprint density at radius 1 is 1.31 bits per heavy atom. The Kier molecular flexibility index (Phi) is 2.67. The molecule has 3 rings (SSSR count). The van der Waals surface area contributed by atoms with Crippen LogP contribution in [-0.2, 0) is 0 Å². The van der Waals surface area contributed by atoms with E-state index < -0.39 is 0 Å². The van der Waals surface area contributed by atoms with Crippen molar-refractivity contribution >= 4 is 29.9 Å². The maximum atomic E-state index is 4.53. The minimum absolute atomic E-state index is 0. The summed E-state index contributed by atoms with van der Waals surface area (Å²) in [6.45, 7) is 2.26. The second-order valence-electron chi connectivity index (χ2n) is 4.07. The van der Waals surface area contributed by atoms with Crippen LogP contribution in [0.3, 0.4) is 0 Å². The lowest BCUT2D eigenvalue weighted by Gasteiger charge is -2.20. The van der Waals surface area contributed by atoms with Crippen LogP contribution in [0.2, 0.25) is 0 Å². The molecule has 4 heteroatoms. The predicted octanol–water partition coefficient (Wildman–Crippen LogP) is 1.19. The lowest BCUT2D eigenvalue weighted by molar-refractivity contribution is 0.417. The van der Waals surface area contributed by atoms with Gasteiger partial charge in [0.1, 0.15) is 0 Å². The van der Waals surface area contributed by atoms with Crippen LogP contribution in [0.1, 0.15) is 25.7 Å². The van der Waals surface area contributed by atoms with Gasteiger partial charge in [0.25, 0.3) is 0 Å². The highest BCUT2D eigenvalue weighted by Gasteiger charge is 2.34. The van der Waals surface area contributed by atoms with E-state index in [1.54, 1.807) is 0 Å². The van der Waals surface area contributed by atoms with Crippen LogP contribution in [0.5, 0.6) is 0 Å². The molecule has 2 fully saturated rings. The average molecular weight is 293 g/mol. The normalized spacial score (nSPS) is 30.9. The topological polar surface area (TPSA) is 27.6 Å². The van der Waals surface area contributed by atoms with Crippen molar-refractivity contribution in [1.82, 2.24) is 10.2 Å². The fourth-order valence-electron chi connectivity index (χ4n) is 2.13. The highest BCUT2D eigenvalue weighted by Crippen LogP contribution is 2.25. The SMILES string of the molecule is C1C[C@@H]2CN=C(NC3CC3)N2C1.I. The molecule has 3 nitrogen and oxygen atoms in total. The highest BCUT2D eigenvalue weighted by molar-refractivity contribution is 14.0. The third-order valence-electron chi connectivity index (χ3n) is 3.01. The molecule has 13 heavy (non-hydrogen) atoms. The number of nitrogens with zero attached hydrogens (tertiary/aromatic N) is 2. The number of fused-ring (bicyclic) bond motifs is 1. The van der Waals surface area contributed by atoms with Gasteiger partial charge in [-0.3, -0.25) is 4.99 Å². The summed E-state index contributed by atoms with van der Waals surface area (Å²) in [6, 6.07) is 1.49.